The predicted molar refractivity (Wildman–Crippen MR) is 84.5 cm³/mol. The van der Waals surface area contributed by atoms with Gasteiger partial charge in [-0.15, -0.1) is 11.3 Å². The van der Waals surface area contributed by atoms with Crippen LogP contribution in [0.4, 0.5) is 10.7 Å². The van der Waals surface area contributed by atoms with Crippen molar-refractivity contribution < 1.29 is 4.79 Å². The van der Waals surface area contributed by atoms with Gasteiger partial charge in [0, 0.05) is 18.7 Å². The molecule has 110 valence electrons. The summed E-state index contributed by atoms with van der Waals surface area (Å²) in [5.74, 6) is 0.520. The maximum Gasteiger partial charge on any atom is 0.263 e. The van der Waals surface area contributed by atoms with Crippen LogP contribution in [0.25, 0.3) is 0 Å². The molecule has 1 heterocycles. The van der Waals surface area contributed by atoms with Crippen LogP contribution in [0.3, 0.4) is 0 Å². The predicted octanol–water partition coefficient (Wildman–Crippen LogP) is 3.17. The Balaban J connectivity index is 1.83. The molecule has 1 aromatic heterocycles. The molecule has 1 aromatic rings. The Kier molecular flexibility index (Phi) is 3.40. The summed E-state index contributed by atoms with van der Waals surface area (Å²) in [7, 11) is 0. The van der Waals surface area contributed by atoms with Gasteiger partial charge in [-0.25, -0.2) is 0 Å². The second-order valence-corrected chi connectivity index (χ2v) is 7.41. The van der Waals surface area contributed by atoms with E-state index in [1.807, 2.05) is 6.92 Å². The lowest BCUT2D eigenvalue weighted by Gasteiger charge is -2.11. The number of anilines is 2. The van der Waals surface area contributed by atoms with Gasteiger partial charge in [-0.2, -0.15) is 0 Å². The Morgan fingerprint density at radius 2 is 2.15 bits per heavy atom. The summed E-state index contributed by atoms with van der Waals surface area (Å²) in [5.41, 5.74) is 8.59. The quantitative estimate of drug-likeness (QED) is 0.754. The van der Waals surface area contributed by atoms with Gasteiger partial charge in [-0.3, -0.25) is 4.79 Å². The van der Waals surface area contributed by atoms with E-state index in [9.17, 15) is 4.79 Å². The summed E-state index contributed by atoms with van der Waals surface area (Å²) in [6.07, 6.45) is 4.98. The molecule has 20 heavy (non-hydrogen) atoms. The maximum absolute atomic E-state index is 12.1. The minimum absolute atomic E-state index is 0.0393. The average Bonchev–Trinajstić information content (AvgIpc) is 3.32. The lowest BCUT2D eigenvalue weighted by atomic mass is 10.1. The van der Waals surface area contributed by atoms with E-state index in [1.54, 1.807) is 0 Å². The summed E-state index contributed by atoms with van der Waals surface area (Å²) < 4.78 is 0. The molecule has 2 aliphatic rings. The minimum atomic E-state index is -0.0393. The molecule has 4 nitrogen and oxygen atoms in total. The van der Waals surface area contributed by atoms with Crippen LogP contribution >= 0.6 is 11.3 Å². The Morgan fingerprint density at radius 3 is 2.70 bits per heavy atom. The molecular weight excluding hydrogens is 270 g/mol. The van der Waals surface area contributed by atoms with Crippen molar-refractivity contribution in [2.45, 2.75) is 45.4 Å². The molecule has 0 aliphatic heterocycles. The lowest BCUT2D eigenvalue weighted by molar-refractivity contribution is 0.0960. The van der Waals surface area contributed by atoms with Gasteiger partial charge in [0.25, 0.3) is 5.91 Å². The van der Waals surface area contributed by atoms with Crippen LogP contribution in [-0.2, 0) is 0 Å². The Bertz CT molecular complexity index is 529. The normalized spacial score (nSPS) is 19.7. The molecule has 0 unspecified atom stereocenters. The first-order valence-electron chi connectivity index (χ1n) is 7.48. The van der Waals surface area contributed by atoms with Gasteiger partial charge >= 0.3 is 0 Å². The zero-order valence-corrected chi connectivity index (χ0v) is 13.0. The van der Waals surface area contributed by atoms with Crippen LogP contribution in [0.1, 0.15) is 60.7 Å². The van der Waals surface area contributed by atoms with Gasteiger partial charge in [-0.05, 0) is 43.9 Å². The van der Waals surface area contributed by atoms with E-state index in [0.717, 1.165) is 11.5 Å². The molecule has 0 radical (unpaired) electrons. The van der Waals surface area contributed by atoms with E-state index in [4.69, 9.17) is 5.73 Å². The van der Waals surface area contributed by atoms with E-state index in [1.165, 1.54) is 42.6 Å². The van der Waals surface area contributed by atoms with Gasteiger partial charge in [0.2, 0.25) is 0 Å². The van der Waals surface area contributed by atoms with Crippen molar-refractivity contribution in [3.05, 3.63) is 10.4 Å². The molecule has 0 bridgehead atoms. The molecule has 0 atom stereocenters. The van der Waals surface area contributed by atoms with Crippen molar-refractivity contribution in [1.29, 1.82) is 0 Å². The summed E-state index contributed by atoms with van der Waals surface area (Å²) >= 11 is 1.52. The summed E-state index contributed by atoms with van der Waals surface area (Å²) in [6.45, 7) is 5.85. The topological polar surface area (TPSA) is 67.2 Å². The Labute approximate surface area is 124 Å². The lowest BCUT2D eigenvalue weighted by Crippen LogP contribution is -2.22. The largest absolute Gasteiger partial charge is 0.397 e. The zero-order valence-electron chi connectivity index (χ0n) is 12.2. The SMILES string of the molecule is CCNC(=O)c1sc(NCC2(C)CC2)c(C2CC2)c1N. The number of nitrogen functional groups attached to an aromatic ring is 1. The first-order chi connectivity index (χ1) is 9.54. The summed E-state index contributed by atoms with van der Waals surface area (Å²) in [6, 6.07) is 0. The molecule has 2 aliphatic carbocycles. The number of carbonyl (C=O) groups excluding carboxylic acids is 1. The fourth-order valence-electron chi connectivity index (χ4n) is 2.46. The van der Waals surface area contributed by atoms with Crippen LogP contribution in [0.2, 0.25) is 0 Å². The second-order valence-electron chi connectivity index (χ2n) is 6.39. The van der Waals surface area contributed by atoms with E-state index >= 15 is 0 Å². The number of carbonyl (C=O) groups is 1. The third-order valence-electron chi connectivity index (χ3n) is 4.29. The highest BCUT2D eigenvalue weighted by molar-refractivity contribution is 7.18. The Hall–Kier alpha value is -1.23. The fraction of sp³-hybridized carbons (Fsp3) is 0.667. The Morgan fingerprint density at radius 1 is 1.45 bits per heavy atom. The van der Waals surface area contributed by atoms with Gasteiger partial charge in [0.15, 0.2) is 0 Å². The van der Waals surface area contributed by atoms with E-state index in [2.05, 4.69) is 17.6 Å². The summed E-state index contributed by atoms with van der Waals surface area (Å²) in [5, 5.41) is 7.53. The fourth-order valence-corrected chi connectivity index (χ4v) is 3.58. The highest BCUT2D eigenvalue weighted by atomic mass is 32.1. The molecule has 0 aromatic carbocycles. The molecule has 2 saturated carbocycles. The van der Waals surface area contributed by atoms with Crippen LogP contribution < -0.4 is 16.4 Å². The van der Waals surface area contributed by atoms with Crippen LogP contribution in [-0.4, -0.2) is 19.0 Å². The molecule has 3 rings (SSSR count). The highest BCUT2D eigenvalue weighted by Gasteiger charge is 2.38. The average molecular weight is 293 g/mol. The number of hydrogen-bond acceptors (Lipinski definition) is 4. The first-order valence-corrected chi connectivity index (χ1v) is 8.30. The number of rotatable bonds is 6. The molecule has 0 saturated heterocycles. The summed E-state index contributed by atoms with van der Waals surface area (Å²) in [4.78, 5) is 12.8. The minimum Gasteiger partial charge on any atom is -0.397 e. The van der Waals surface area contributed by atoms with Gasteiger partial charge in [0.05, 0.1) is 10.7 Å². The van der Waals surface area contributed by atoms with Crippen molar-refractivity contribution in [2.75, 3.05) is 24.1 Å². The van der Waals surface area contributed by atoms with Gasteiger partial charge in [0.1, 0.15) is 4.88 Å². The van der Waals surface area contributed by atoms with Gasteiger partial charge in [-0.1, -0.05) is 6.92 Å². The number of thiophene rings is 1. The zero-order chi connectivity index (χ0) is 14.3. The van der Waals surface area contributed by atoms with Crippen LogP contribution in [0.15, 0.2) is 0 Å². The van der Waals surface area contributed by atoms with Crippen molar-refractivity contribution in [3.63, 3.8) is 0 Å². The van der Waals surface area contributed by atoms with Crippen molar-refractivity contribution in [3.8, 4) is 0 Å². The van der Waals surface area contributed by atoms with Crippen molar-refractivity contribution in [2.24, 2.45) is 5.41 Å². The second kappa shape index (κ2) is 4.95. The standard InChI is InChI=1S/C15H23N3OS/c1-3-17-13(19)12-11(16)10(9-4-5-9)14(20-12)18-8-15(2)6-7-15/h9,18H,3-8,16H2,1-2H3,(H,17,19). The number of nitrogens with two attached hydrogens (primary N) is 1. The van der Waals surface area contributed by atoms with E-state index in [0.29, 0.717) is 28.4 Å². The van der Waals surface area contributed by atoms with E-state index in [-0.39, 0.29) is 5.91 Å². The van der Waals surface area contributed by atoms with Crippen molar-refractivity contribution in [1.82, 2.24) is 5.32 Å². The smallest absolute Gasteiger partial charge is 0.263 e. The van der Waals surface area contributed by atoms with E-state index < -0.39 is 0 Å². The number of amides is 1. The first kappa shape index (κ1) is 13.7. The van der Waals surface area contributed by atoms with Crippen LogP contribution in [0.5, 0.6) is 0 Å². The maximum atomic E-state index is 12.1. The number of nitrogens with one attached hydrogen (secondary N) is 2. The third kappa shape index (κ3) is 2.64. The molecule has 2 fully saturated rings. The third-order valence-corrected chi connectivity index (χ3v) is 5.47. The highest BCUT2D eigenvalue weighted by Crippen LogP contribution is 2.52. The molecular formula is C15H23N3OS. The van der Waals surface area contributed by atoms with Crippen LogP contribution in [0, 0.1) is 5.41 Å². The molecule has 4 N–H and O–H groups in total. The van der Waals surface area contributed by atoms with Crippen molar-refractivity contribution >= 4 is 27.9 Å². The molecule has 0 spiro atoms. The van der Waals surface area contributed by atoms with Gasteiger partial charge < -0.3 is 16.4 Å². The molecule has 1 amide bonds. The monoisotopic (exact) mass is 293 g/mol. The number of hydrogen-bond donors (Lipinski definition) is 3. The molecule has 5 heteroatoms.